The molecule has 5 nitrogen and oxygen atoms in total. The predicted octanol–water partition coefficient (Wildman–Crippen LogP) is 5.21. The van der Waals surface area contributed by atoms with Gasteiger partial charge in [-0.2, -0.15) is 0 Å². The average Bonchev–Trinajstić information content (AvgIpc) is 2.63. The third-order valence-electron chi connectivity index (χ3n) is 4.44. The second-order valence-electron chi connectivity index (χ2n) is 6.35. The van der Waals surface area contributed by atoms with Gasteiger partial charge < -0.3 is 16.0 Å². The number of nitrogens with one attached hydrogen (secondary N) is 3. The third kappa shape index (κ3) is 4.99. The minimum atomic E-state index is -1.02. The Morgan fingerprint density at radius 3 is 2.37 bits per heavy atom. The van der Waals surface area contributed by atoms with Crippen LogP contribution in [-0.4, -0.2) is 23.1 Å². The lowest BCUT2D eigenvalue weighted by Crippen LogP contribution is -2.49. The monoisotopic (exact) mass is 414 g/mol. The zero-order valence-electron chi connectivity index (χ0n) is 14.2. The van der Waals surface area contributed by atoms with E-state index in [0.29, 0.717) is 15.7 Å². The number of halogens is 4. The number of aromatic nitrogens is 1. The highest BCUT2D eigenvalue weighted by Gasteiger charge is 2.27. The maximum atomic E-state index is 13.3. The number of hydrogen-bond donors (Lipinski definition) is 3. The van der Waals surface area contributed by atoms with Crippen LogP contribution in [0.5, 0.6) is 0 Å². The van der Waals surface area contributed by atoms with Crippen LogP contribution in [0.3, 0.4) is 0 Å². The summed E-state index contributed by atoms with van der Waals surface area (Å²) in [6.07, 6.45) is 6.55. The molecular formula is C18H18Cl2F2N4O. The van der Waals surface area contributed by atoms with Crippen molar-refractivity contribution < 1.29 is 13.6 Å². The summed E-state index contributed by atoms with van der Waals surface area (Å²) < 4.78 is 26.3. The Labute approximate surface area is 165 Å². The summed E-state index contributed by atoms with van der Waals surface area (Å²) >= 11 is 12.3. The molecule has 2 amide bonds. The number of nitrogens with zero attached hydrogens (tertiary/aromatic N) is 1. The summed E-state index contributed by atoms with van der Waals surface area (Å²) in [7, 11) is 0. The van der Waals surface area contributed by atoms with Gasteiger partial charge in [-0.05, 0) is 25.0 Å². The highest BCUT2D eigenvalue weighted by molar-refractivity contribution is 6.38. The normalized spacial score (nSPS) is 19.4. The number of rotatable bonds is 4. The number of carbonyl (C=O) groups excluding carboxylic acids is 1. The molecule has 1 aliphatic carbocycles. The van der Waals surface area contributed by atoms with Gasteiger partial charge in [-0.3, -0.25) is 4.98 Å². The van der Waals surface area contributed by atoms with Gasteiger partial charge in [-0.25, -0.2) is 13.6 Å². The highest BCUT2D eigenvalue weighted by atomic mass is 35.5. The van der Waals surface area contributed by atoms with E-state index in [4.69, 9.17) is 23.2 Å². The summed E-state index contributed by atoms with van der Waals surface area (Å²) in [5.41, 5.74) is 0.750. The quantitative estimate of drug-likeness (QED) is 0.642. The fourth-order valence-electron chi connectivity index (χ4n) is 3.12. The van der Waals surface area contributed by atoms with E-state index in [-0.39, 0.29) is 17.8 Å². The van der Waals surface area contributed by atoms with Gasteiger partial charge in [-0.15, -0.1) is 0 Å². The van der Waals surface area contributed by atoms with E-state index in [1.807, 2.05) is 0 Å². The van der Waals surface area contributed by atoms with Crippen LogP contribution in [0.4, 0.5) is 25.0 Å². The fraction of sp³-hybridized carbons (Fsp3) is 0.333. The van der Waals surface area contributed by atoms with Gasteiger partial charge in [0.1, 0.15) is 0 Å². The molecule has 0 spiro atoms. The first-order chi connectivity index (χ1) is 12.9. The lowest BCUT2D eigenvalue weighted by molar-refractivity contribution is 0.242. The van der Waals surface area contributed by atoms with Crippen molar-refractivity contribution >= 4 is 40.6 Å². The van der Waals surface area contributed by atoms with Crippen molar-refractivity contribution in [2.45, 2.75) is 37.8 Å². The second-order valence-corrected chi connectivity index (χ2v) is 7.16. The minimum absolute atomic E-state index is 0.0770. The molecule has 0 radical (unpaired) electrons. The first-order valence-electron chi connectivity index (χ1n) is 8.52. The summed E-state index contributed by atoms with van der Waals surface area (Å²) in [5, 5.41) is 9.50. The minimum Gasteiger partial charge on any atom is -0.378 e. The number of benzene rings is 1. The Morgan fingerprint density at radius 2 is 1.70 bits per heavy atom. The van der Waals surface area contributed by atoms with E-state index in [0.717, 1.165) is 37.8 Å². The lowest BCUT2D eigenvalue weighted by atomic mass is 9.90. The van der Waals surface area contributed by atoms with Crippen molar-refractivity contribution in [2.24, 2.45) is 0 Å². The Balaban J connectivity index is 1.66. The molecule has 9 heteroatoms. The smallest absolute Gasteiger partial charge is 0.319 e. The van der Waals surface area contributed by atoms with E-state index < -0.39 is 17.7 Å². The van der Waals surface area contributed by atoms with Crippen LogP contribution >= 0.6 is 23.2 Å². The molecule has 1 aliphatic rings. The summed E-state index contributed by atoms with van der Waals surface area (Å²) in [6.45, 7) is 0. The zero-order chi connectivity index (χ0) is 19.4. The van der Waals surface area contributed by atoms with Gasteiger partial charge in [0.15, 0.2) is 11.6 Å². The van der Waals surface area contributed by atoms with Crippen molar-refractivity contribution in [3.8, 4) is 0 Å². The molecule has 2 aromatic rings. The molecule has 1 aromatic carbocycles. The van der Waals surface area contributed by atoms with Crippen molar-refractivity contribution in [2.75, 3.05) is 10.6 Å². The van der Waals surface area contributed by atoms with Crippen LogP contribution in [0.2, 0.25) is 10.0 Å². The fourth-order valence-corrected chi connectivity index (χ4v) is 3.59. The first-order valence-corrected chi connectivity index (χ1v) is 9.27. The van der Waals surface area contributed by atoms with E-state index in [1.165, 1.54) is 18.5 Å². The van der Waals surface area contributed by atoms with E-state index in [2.05, 4.69) is 20.9 Å². The maximum Gasteiger partial charge on any atom is 0.319 e. The third-order valence-corrected chi connectivity index (χ3v) is 5.02. The predicted molar refractivity (Wildman–Crippen MR) is 102 cm³/mol. The highest BCUT2D eigenvalue weighted by Crippen LogP contribution is 2.32. The van der Waals surface area contributed by atoms with Crippen LogP contribution in [0.15, 0.2) is 30.6 Å². The molecule has 1 heterocycles. The molecule has 3 rings (SSSR count). The first kappa shape index (κ1) is 19.6. The van der Waals surface area contributed by atoms with Crippen LogP contribution in [0, 0.1) is 11.6 Å². The van der Waals surface area contributed by atoms with Gasteiger partial charge in [0.05, 0.1) is 21.8 Å². The van der Waals surface area contributed by atoms with Crippen LogP contribution in [-0.2, 0) is 0 Å². The number of anilines is 2. The summed E-state index contributed by atoms with van der Waals surface area (Å²) in [6, 6.07) is 2.44. The summed E-state index contributed by atoms with van der Waals surface area (Å²) in [5.74, 6) is -1.99. The molecule has 2 atom stereocenters. The molecule has 1 aromatic heterocycles. The number of hydrogen-bond acceptors (Lipinski definition) is 3. The largest absolute Gasteiger partial charge is 0.378 e. The van der Waals surface area contributed by atoms with Gasteiger partial charge in [0.2, 0.25) is 0 Å². The topological polar surface area (TPSA) is 66.1 Å². The second kappa shape index (κ2) is 8.71. The molecule has 1 fully saturated rings. The zero-order valence-corrected chi connectivity index (χ0v) is 15.7. The molecule has 144 valence electrons. The van der Waals surface area contributed by atoms with Gasteiger partial charge in [-0.1, -0.05) is 36.0 Å². The molecule has 0 aliphatic heterocycles. The van der Waals surface area contributed by atoms with Crippen molar-refractivity contribution in [1.29, 1.82) is 0 Å². The molecule has 0 saturated heterocycles. The van der Waals surface area contributed by atoms with Gasteiger partial charge in [0.25, 0.3) is 0 Å². The van der Waals surface area contributed by atoms with Crippen molar-refractivity contribution in [3.05, 3.63) is 52.3 Å². The van der Waals surface area contributed by atoms with Crippen LogP contribution in [0.1, 0.15) is 25.7 Å². The van der Waals surface area contributed by atoms with E-state index >= 15 is 0 Å². The summed E-state index contributed by atoms with van der Waals surface area (Å²) in [4.78, 5) is 16.2. The standard InChI is InChI=1S/C18H18Cl2F2N4O/c19-11-8-23-9-12(20)17(11)25-15-3-1-2-4-16(15)26-18(27)24-10-5-6-13(21)14(22)7-10/h5-9,15-16H,1-4H2,(H,23,25)(H2,24,26,27)/t15-,16-/m0/s1. The Morgan fingerprint density at radius 1 is 1.04 bits per heavy atom. The molecule has 3 N–H and O–H groups in total. The Bertz CT molecular complexity index is 817. The van der Waals surface area contributed by atoms with E-state index in [9.17, 15) is 13.6 Å². The van der Waals surface area contributed by atoms with Crippen LogP contribution < -0.4 is 16.0 Å². The Kier molecular flexibility index (Phi) is 6.34. The van der Waals surface area contributed by atoms with Gasteiger partial charge in [0, 0.05) is 30.2 Å². The molecule has 27 heavy (non-hydrogen) atoms. The number of pyridine rings is 1. The van der Waals surface area contributed by atoms with Crippen LogP contribution in [0.25, 0.3) is 0 Å². The SMILES string of the molecule is O=C(Nc1ccc(F)c(F)c1)N[C@H]1CCCC[C@@H]1Nc1c(Cl)cncc1Cl. The van der Waals surface area contributed by atoms with Crippen molar-refractivity contribution in [1.82, 2.24) is 10.3 Å². The van der Waals surface area contributed by atoms with Gasteiger partial charge >= 0.3 is 6.03 Å². The Hall–Kier alpha value is -2.12. The maximum absolute atomic E-state index is 13.3. The molecule has 1 saturated carbocycles. The molecular weight excluding hydrogens is 397 g/mol. The molecule has 0 unspecified atom stereocenters. The van der Waals surface area contributed by atoms with Crippen molar-refractivity contribution in [3.63, 3.8) is 0 Å². The molecule has 0 bridgehead atoms. The number of carbonyl (C=O) groups is 1. The number of amides is 2. The number of urea groups is 1. The van der Waals surface area contributed by atoms with E-state index in [1.54, 1.807) is 0 Å². The average molecular weight is 415 g/mol. The lowest BCUT2D eigenvalue weighted by Gasteiger charge is -2.33.